The lowest BCUT2D eigenvalue weighted by molar-refractivity contribution is -0.132. The van der Waals surface area contributed by atoms with Crippen molar-refractivity contribution in [3.8, 4) is 11.1 Å². The molecule has 0 atom stereocenters. The molecule has 0 bridgehead atoms. The molecule has 46 heavy (non-hydrogen) atoms. The first-order valence-corrected chi connectivity index (χ1v) is 17.4. The number of nitrogens with zero attached hydrogens (tertiary/aromatic N) is 2. The second-order valence-corrected chi connectivity index (χ2v) is 13.4. The smallest absolute Gasteiger partial charge is 0.251 e. The highest BCUT2D eigenvalue weighted by Crippen LogP contribution is 2.24. The van der Waals surface area contributed by atoms with Crippen LogP contribution in [0.5, 0.6) is 0 Å². The van der Waals surface area contributed by atoms with Crippen LogP contribution >= 0.6 is 0 Å². The van der Waals surface area contributed by atoms with E-state index in [1.165, 1.54) is 30.5 Å². The zero-order valence-electron chi connectivity index (χ0n) is 26.1. The number of carbonyl (C=O) groups is 2. The van der Waals surface area contributed by atoms with Gasteiger partial charge in [-0.2, -0.15) is 0 Å². The summed E-state index contributed by atoms with van der Waals surface area (Å²) in [6.45, 7) is 4.40. The van der Waals surface area contributed by atoms with Gasteiger partial charge in [-0.1, -0.05) is 72.8 Å². The van der Waals surface area contributed by atoms with Gasteiger partial charge in [0.25, 0.3) is 5.91 Å². The Kier molecular flexibility index (Phi) is 11.4. The van der Waals surface area contributed by atoms with Crippen molar-refractivity contribution >= 4 is 21.8 Å². The predicted molar refractivity (Wildman–Crippen MR) is 181 cm³/mol. The first-order chi connectivity index (χ1) is 22.2. The fourth-order valence-electron chi connectivity index (χ4n) is 5.83. The SMILES string of the molecule is NS(=O)(=O)c1ccc(CN(Cc2cccc(-c3cccc(C(=O)NCCN4CCCC4)c3)c2)C(=O)CCCc2ccccc2)cc1. The Morgan fingerprint density at radius 2 is 1.41 bits per heavy atom. The maximum absolute atomic E-state index is 13.6. The van der Waals surface area contributed by atoms with Crippen LogP contribution in [0.15, 0.2) is 108 Å². The van der Waals surface area contributed by atoms with E-state index in [1.807, 2.05) is 60.7 Å². The minimum atomic E-state index is -3.81. The number of nitrogens with one attached hydrogen (secondary N) is 1. The molecule has 5 rings (SSSR count). The Morgan fingerprint density at radius 3 is 2.13 bits per heavy atom. The Labute approximate surface area is 272 Å². The van der Waals surface area contributed by atoms with Gasteiger partial charge in [-0.3, -0.25) is 9.59 Å². The molecule has 2 amide bonds. The molecule has 0 spiro atoms. The van der Waals surface area contributed by atoms with Crippen LogP contribution in [0.25, 0.3) is 11.1 Å². The zero-order chi connectivity index (χ0) is 32.4. The van der Waals surface area contributed by atoms with E-state index in [9.17, 15) is 18.0 Å². The van der Waals surface area contributed by atoms with E-state index in [2.05, 4.69) is 28.4 Å². The van der Waals surface area contributed by atoms with Crippen molar-refractivity contribution in [3.63, 3.8) is 0 Å². The third-order valence-corrected chi connectivity index (χ3v) is 9.28. The topological polar surface area (TPSA) is 113 Å². The van der Waals surface area contributed by atoms with Gasteiger partial charge < -0.3 is 15.1 Å². The van der Waals surface area contributed by atoms with Gasteiger partial charge in [0.1, 0.15) is 0 Å². The normalized spacial score (nSPS) is 13.4. The Hall–Kier alpha value is -4.31. The van der Waals surface area contributed by atoms with Gasteiger partial charge in [0.05, 0.1) is 4.90 Å². The number of sulfonamides is 1. The monoisotopic (exact) mass is 638 g/mol. The van der Waals surface area contributed by atoms with Gasteiger partial charge in [0.2, 0.25) is 15.9 Å². The van der Waals surface area contributed by atoms with Crippen molar-refractivity contribution in [2.24, 2.45) is 5.14 Å². The number of hydrogen-bond donors (Lipinski definition) is 2. The van der Waals surface area contributed by atoms with Crippen molar-refractivity contribution in [1.82, 2.24) is 15.1 Å². The minimum Gasteiger partial charge on any atom is -0.351 e. The number of rotatable bonds is 14. The molecule has 9 heteroatoms. The quantitative estimate of drug-likeness (QED) is 0.193. The van der Waals surface area contributed by atoms with E-state index in [0.717, 1.165) is 54.7 Å². The highest BCUT2D eigenvalue weighted by molar-refractivity contribution is 7.89. The van der Waals surface area contributed by atoms with Crippen molar-refractivity contribution < 1.29 is 18.0 Å². The maximum Gasteiger partial charge on any atom is 0.251 e. The summed E-state index contributed by atoms with van der Waals surface area (Å²) in [6, 6.07) is 32.1. The van der Waals surface area contributed by atoms with Crippen LogP contribution in [-0.4, -0.2) is 56.2 Å². The summed E-state index contributed by atoms with van der Waals surface area (Å²) in [5.74, 6) is -0.0672. The third kappa shape index (κ3) is 9.59. The van der Waals surface area contributed by atoms with Crippen LogP contribution in [0, 0.1) is 0 Å². The van der Waals surface area contributed by atoms with Crippen LogP contribution in [0.4, 0.5) is 0 Å². The van der Waals surface area contributed by atoms with Gasteiger partial charge in [-0.15, -0.1) is 0 Å². The zero-order valence-corrected chi connectivity index (χ0v) is 26.9. The summed E-state index contributed by atoms with van der Waals surface area (Å²) < 4.78 is 23.5. The van der Waals surface area contributed by atoms with Crippen molar-refractivity contribution in [2.45, 2.75) is 50.1 Å². The molecule has 0 radical (unpaired) electrons. The molecule has 240 valence electrons. The van der Waals surface area contributed by atoms with Gasteiger partial charge in [-0.05, 0) is 96.9 Å². The standard InChI is InChI=1S/C37H42N4O4S/c38-46(44,45)35-19-17-30(18-20-35)27-41(36(42)16-7-11-29-9-2-1-3-10-29)28-31-12-6-13-32(25-31)33-14-8-15-34(26-33)37(43)39-21-24-40-22-4-5-23-40/h1-3,6,8-10,12-15,17-20,25-26H,4-5,7,11,16,21-24,27-28H2,(H,39,43)(H2,38,44,45). The Bertz CT molecular complexity index is 1720. The fraction of sp³-hybridized carbons (Fsp3) is 0.297. The lowest BCUT2D eigenvalue weighted by Gasteiger charge is -2.24. The molecule has 3 N–H and O–H groups in total. The van der Waals surface area contributed by atoms with Crippen LogP contribution < -0.4 is 10.5 Å². The second kappa shape index (κ2) is 15.8. The molecule has 1 aliphatic heterocycles. The first kappa shape index (κ1) is 33.1. The molecule has 0 aliphatic carbocycles. The molecule has 1 saturated heterocycles. The molecule has 1 heterocycles. The Morgan fingerprint density at radius 1 is 0.761 bits per heavy atom. The number of primary sulfonamides is 1. The van der Waals surface area contributed by atoms with Crippen LogP contribution in [-0.2, 0) is 34.3 Å². The summed E-state index contributed by atoms with van der Waals surface area (Å²) in [7, 11) is -3.81. The second-order valence-electron chi connectivity index (χ2n) is 11.9. The molecule has 1 fully saturated rings. The average Bonchev–Trinajstić information content (AvgIpc) is 3.58. The highest BCUT2D eigenvalue weighted by atomic mass is 32.2. The number of likely N-dealkylation sites (tertiary alicyclic amines) is 1. The van der Waals surface area contributed by atoms with Gasteiger partial charge in [0.15, 0.2) is 0 Å². The molecule has 8 nitrogen and oxygen atoms in total. The number of amides is 2. The van der Waals surface area contributed by atoms with Gasteiger partial charge in [0, 0.05) is 38.2 Å². The molecule has 0 unspecified atom stereocenters. The molecule has 1 aliphatic rings. The lowest BCUT2D eigenvalue weighted by Crippen LogP contribution is -2.33. The molecular formula is C37H42N4O4S. The summed E-state index contributed by atoms with van der Waals surface area (Å²) in [5.41, 5.74) is 5.45. The summed E-state index contributed by atoms with van der Waals surface area (Å²) in [4.78, 5) is 30.7. The minimum absolute atomic E-state index is 0.0180. The van der Waals surface area contributed by atoms with E-state index >= 15 is 0 Å². The van der Waals surface area contributed by atoms with Crippen molar-refractivity contribution in [3.05, 3.63) is 125 Å². The number of nitrogens with two attached hydrogens (primary N) is 1. The van der Waals surface area contributed by atoms with Gasteiger partial charge in [-0.25, -0.2) is 13.6 Å². The lowest BCUT2D eigenvalue weighted by atomic mass is 10.0. The van der Waals surface area contributed by atoms with E-state index in [1.54, 1.807) is 17.0 Å². The van der Waals surface area contributed by atoms with Crippen LogP contribution in [0.1, 0.15) is 52.7 Å². The number of aryl methyl sites for hydroxylation is 1. The first-order valence-electron chi connectivity index (χ1n) is 15.9. The number of hydrogen-bond acceptors (Lipinski definition) is 5. The average molecular weight is 639 g/mol. The van der Waals surface area contributed by atoms with E-state index in [0.29, 0.717) is 31.6 Å². The number of benzene rings is 4. The van der Waals surface area contributed by atoms with E-state index in [4.69, 9.17) is 5.14 Å². The van der Waals surface area contributed by atoms with Crippen LogP contribution in [0.3, 0.4) is 0 Å². The number of carbonyl (C=O) groups excluding carboxylic acids is 2. The van der Waals surface area contributed by atoms with E-state index in [-0.39, 0.29) is 16.7 Å². The summed E-state index contributed by atoms with van der Waals surface area (Å²) in [6.07, 6.45) is 4.36. The summed E-state index contributed by atoms with van der Waals surface area (Å²) in [5, 5.41) is 8.33. The molecule has 4 aromatic carbocycles. The van der Waals surface area contributed by atoms with E-state index < -0.39 is 10.0 Å². The van der Waals surface area contributed by atoms with Crippen molar-refractivity contribution in [2.75, 3.05) is 26.2 Å². The molecular weight excluding hydrogens is 596 g/mol. The highest BCUT2D eigenvalue weighted by Gasteiger charge is 2.17. The summed E-state index contributed by atoms with van der Waals surface area (Å²) >= 11 is 0. The maximum atomic E-state index is 13.6. The predicted octanol–water partition coefficient (Wildman–Crippen LogP) is 5.38. The Balaban J connectivity index is 1.28. The third-order valence-electron chi connectivity index (χ3n) is 8.35. The largest absolute Gasteiger partial charge is 0.351 e. The molecule has 4 aromatic rings. The fourth-order valence-corrected chi connectivity index (χ4v) is 6.34. The molecule has 0 aromatic heterocycles. The van der Waals surface area contributed by atoms with Crippen LogP contribution in [0.2, 0.25) is 0 Å². The van der Waals surface area contributed by atoms with Gasteiger partial charge >= 0.3 is 0 Å². The molecule has 0 saturated carbocycles. The van der Waals surface area contributed by atoms with Crippen molar-refractivity contribution in [1.29, 1.82) is 0 Å².